The van der Waals surface area contributed by atoms with Crippen molar-refractivity contribution in [1.82, 2.24) is 4.90 Å². The predicted molar refractivity (Wildman–Crippen MR) is 93.4 cm³/mol. The van der Waals surface area contributed by atoms with Crippen LogP contribution in [0.25, 0.3) is 0 Å². The summed E-state index contributed by atoms with van der Waals surface area (Å²) in [6.07, 6.45) is 9.70. The number of urea groups is 1. The molecule has 0 aromatic heterocycles. The summed E-state index contributed by atoms with van der Waals surface area (Å²) in [6, 6.07) is -0.302. The maximum atomic E-state index is 13.1. The quantitative estimate of drug-likeness (QED) is 0.567. The van der Waals surface area contributed by atoms with E-state index in [4.69, 9.17) is 9.47 Å². The lowest BCUT2D eigenvalue weighted by Crippen LogP contribution is -2.56. The van der Waals surface area contributed by atoms with E-state index in [1.54, 1.807) is 37.0 Å². The zero-order valence-electron chi connectivity index (χ0n) is 14.9. The molecular weight excluding hydrogens is 320 g/mol. The normalized spacial score (nSPS) is 24.7. The first kappa shape index (κ1) is 17.6. The average molecular weight is 345 g/mol. The van der Waals surface area contributed by atoms with Gasteiger partial charge in [-0.1, -0.05) is 19.1 Å². The van der Waals surface area contributed by atoms with Gasteiger partial charge in [0.25, 0.3) is 0 Å². The van der Waals surface area contributed by atoms with Crippen molar-refractivity contribution in [2.24, 2.45) is 0 Å². The van der Waals surface area contributed by atoms with Crippen molar-refractivity contribution in [3.8, 4) is 0 Å². The maximum absolute atomic E-state index is 13.1. The molecule has 1 heterocycles. The predicted octanol–water partition coefficient (Wildman–Crippen LogP) is 2.41. The van der Waals surface area contributed by atoms with E-state index in [1.807, 2.05) is 0 Å². The summed E-state index contributed by atoms with van der Waals surface area (Å²) in [6.45, 7) is 4.09. The Labute approximate surface area is 148 Å². The molecule has 134 valence electrons. The van der Waals surface area contributed by atoms with Crippen LogP contribution in [0.2, 0.25) is 0 Å². The minimum atomic E-state index is -0.431. The second-order valence-corrected chi connectivity index (χ2v) is 6.52. The zero-order chi connectivity index (χ0) is 18.0. The number of amides is 3. The summed E-state index contributed by atoms with van der Waals surface area (Å²) in [4.78, 5) is 27.6. The molecule has 0 spiro atoms. The van der Waals surface area contributed by atoms with Gasteiger partial charge in [-0.15, -0.1) is 0 Å². The second kappa shape index (κ2) is 7.35. The Morgan fingerprint density at radius 3 is 2.60 bits per heavy atom. The van der Waals surface area contributed by atoms with Crippen molar-refractivity contribution in [3.63, 3.8) is 0 Å². The molecule has 3 aliphatic rings. The molecule has 1 atom stereocenters. The van der Waals surface area contributed by atoms with Gasteiger partial charge in [-0.3, -0.25) is 0 Å². The average Bonchev–Trinajstić information content (AvgIpc) is 2.65. The minimum Gasteiger partial charge on any atom is -0.498 e. The molecule has 0 radical (unpaired) electrons. The topological polar surface area (TPSA) is 58.9 Å². The van der Waals surface area contributed by atoms with Crippen LogP contribution >= 0.6 is 0 Å². The number of imide groups is 1. The number of allylic oxidation sites excluding steroid dienone is 1. The van der Waals surface area contributed by atoms with Gasteiger partial charge in [-0.25, -0.2) is 4.79 Å². The van der Waals surface area contributed by atoms with E-state index in [1.165, 1.54) is 4.90 Å². The molecule has 6 nitrogen and oxygen atoms in total. The Kier molecular flexibility index (Phi) is 5.18. The third-order valence-electron chi connectivity index (χ3n) is 5.07. The molecule has 2 aliphatic carbocycles. The van der Waals surface area contributed by atoms with Crippen LogP contribution in [0.1, 0.15) is 32.1 Å². The summed E-state index contributed by atoms with van der Waals surface area (Å²) in [5.41, 5.74) is 1.06. The number of hydrogen-bond donors (Lipinski definition) is 0. The standard InChI is InChI=1S/C19H25N2O4/c1-4-10-20-15-12-17(25-3)16(24-2)11-14(15)18(22)21(19(20)23)13-8-6-5-7-9-13/h4,11-13,16H,1,5-10H2,2-3H3/q+1. The van der Waals surface area contributed by atoms with Gasteiger partial charge in [-0.2, -0.15) is 14.3 Å². The summed E-state index contributed by atoms with van der Waals surface area (Å²) < 4.78 is 12.4. The van der Waals surface area contributed by atoms with E-state index in [2.05, 4.69) is 6.58 Å². The third-order valence-corrected chi connectivity index (χ3v) is 5.07. The zero-order valence-corrected chi connectivity index (χ0v) is 14.9. The van der Waals surface area contributed by atoms with Crippen LogP contribution in [0, 0.1) is 0 Å². The third kappa shape index (κ3) is 3.06. The largest absolute Gasteiger partial charge is 0.501 e. The smallest absolute Gasteiger partial charge is 0.498 e. The Balaban J connectivity index is 2.08. The van der Waals surface area contributed by atoms with Crippen LogP contribution in [0.3, 0.4) is 0 Å². The van der Waals surface area contributed by atoms with Crippen molar-refractivity contribution in [3.05, 3.63) is 36.1 Å². The lowest BCUT2D eigenvalue weighted by atomic mass is 9.91. The molecule has 0 aromatic rings. The Bertz CT molecular complexity index is 684. The van der Waals surface area contributed by atoms with Crippen molar-refractivity contribution in [2.45, 2.75) is 44.2 Å². The Morgan fingerprint density at radius 1 is 1.28 bits per heavy atom. The number of nitrogens with zero attached hydrogens (tertiary/aromatic N) is 2. The van der Waals surface area contributed by atoms with Crippen LogP contribution in [0.4, 0.5) is 4.79 Å². The first-order chi connectivity index (χ1) is 12.1. The first-order valence-electron chi connectivity index (χ1n) is 8.75. The highest BCUT2D eigenvalue weighted by atomic mass is 16.5. The summed E-state index contributed by atoms with van der Waals surface area (Å²) in [5.74, 6) is 0.336. The van der Waals surface area contributed by atoms with E-state index in [0.29, 0.717) is 23.6 Å². The van der Waals surface area contributed by atoms with Crippen LogP contribution in [0.15, 0.2) is 36.1 Å². The fraction of sp³-hybridized carbons (Fsp3) is 0.526. The highest BCUT2D eigenvalue weighted by Gasteiger charge is 2.49. The lowest BCUT2D eigenvalue weighted by Gasteiger charge is -2.32. The molecule has 0 aromatic carbocycles. The van der Waals surface area contributed by atoms with Crippen LogP contribution in [-0.2, 0) is 14.3 Å². The summed E-state index contributed by atoms with van der Waals surface area (Å²) in [5, 5.41) is 0. The van der Waals surface area contributed by atoms with E-state index >= 15 is 0 Å². The number of ether oxygens (including phenoxy) is 2. The highest BCUT2D eigenvalue weighted by Crippen LogP contribution is 2.29. The molecule has 0 saturated heterocycles. The van der Waals surface area contributed by atoms with Gasteiger partial charge >= 0.3 is 11.9 Å². The number of methoxy groups -OCH3 is 2. The second-order valence-electron chi connectivity index (χ2n) is 6.52. The van der Waals surface area contributed by atoms with E-state index in [9.17, 15) is 9.59 Å². The van der Waals surface area contributed by atoms with Crippen molar-refractivity contribution >= 4 is 17.6 Å². The SMILES string of the molecule is C=CC[N+]1=C2C=C(OC)C(OC)C=C2C(=O)N(C2CCCCC2)C1=O. The molecule has 1 aliphatic heterocycles. The summed E-state index contributed by atoms with van der Waals surface area (Å²) >= 11 is 0. The number of rotatable bonds is 5. The molecular formula is C19H25N2O4+. The van der Waals surface area contributed by atoms with E-state index < -0.39 is 6.10 Å². The molecule has 0 N–H and O–H groups in total. The van der Waals surface area contributed by atoms with Gasteiger partial charge < -0.3 is 9.47 Å². The van der Waals surface area contributed by atoms with Gasteiger partial charge in [-0.05, 0) is 31.8 Å². The van der Waals surface area contributed by atoms with Crippen molar-refractivity contribution in [2.75, 3.05) is 20.8 Å². The molecule has 1 saturated carbocycles. The molecule has 3 rings (SSSR count). The molecule has 3 amide bonds. The van der Waals surface area contributed by atoms with Crippen LogP contribution < -0.4 is 0 Å². The van der Waals surface area contributed by atoms with Gasteiger partial charge in [0.1, 0.15) is 35.7 Å². The van der Waals surface area contributed by atoms with Crippen LogP contribution in [0.5, 0.6) is 0 Å². The molecule has 1 unspecified atom stereocenters. The fourth-order valence-electron chi connectivity index (χ4n) is 3.79. The summed E-state index contributed by atoms with van der Waals surface area (Å²) in [7, 11) is 3.12. The van der Waals surface area contributed by atoms with E-state index in [0.717, 1.165) is 32.1 Å². The monoisotopic (exact) mass is 345 g/mol. The minimum absolute atomic E-state index is 0.0303. The van der Waals surface area contributed by atoms with Gasteiger partial charge in [0, 0.05) is 13.2 Å². The molecule has 6 heteroatoms. The fourth-order valence-corrected chi connectivity index (χ4v) is 3.79. The number of fused-ring (bicyclic) bond motifs is 1. The Hall–Kier alpha value is -2.21. The maximum Gasteiger partial charge on any atom is 0.501 e. The molecule has 0 bridgehead atoms. The molecule has 1 fully saturated rings. The van der Waals surface area contributed by atoms with Crippen molar-refractivity contribution in [1.29, 1.82) is 0 Å². The van der Waals surface area contributed by atoms with Gasteiger partial charge in [0.05, 0.1) is 7.11 Å². The van der Waals surface area contributed by atoms with Gasteiger partial charge in [0.15, 0.2) is 0 Å². The van der Waals surface area contributed by atoms with Crippen LogP contribution in [-0.4, -0.2) is 60.0 Å². The number of hydrogen-bond acceptors (Lipinski definition) is 4. The lowest BCUT2D eigenvalue weighted by molar-refractivity contribution is -0.426. The van der Waals surface area contributed by atoms with E-state index in [-0.39, 0.29) is 18.0 Å². The highest BCUT2D eigenvalue weighted by molar-refractivity contribution is 6.29. The number of carbonyl (C=O) groups is 2. The molecule has 25 heavy (non-hydrogen) atoms. The number of carbonyl (C=O) groups excluding carboxylic acids is 2. The van der Waals surface area contributed by atoms with Crippen molar-refractivity contribution < 1.29 is 23.6 Å². The first-order valence-corrected chi connectivity index (χ1v) is 8.75. The Morgan fingerprint density at radius 2 is 2.00 bits per heavy atom. The van der Waals surface area contributed by atoms with Gasteiger partial charge in [0.2, 0.25) is 0 Å².